The lowest BCUT2D eigenvalue weighted by Crippen LogP contribution is -2.42. The highest BCUT2D eigenvalue weighted by molar-refractivity contribution is 5.31. The number of hydrogen-bond donors (Lipinski definition) is 1. The Labute approximate surface area is 118 Å². The van der Waals surface area contributed by atoms with Crippen LogP contribution in [0.1, 0.15) is 56.9 Å². The van der Waals surface area contributed by atoms with Crippen LogP contribution in [-0.2, 0) is 0 Å². The fourth-order valence-electron chi connectivity index (χ4n) is 2.60. The number of aliphatic hydroxyl groups is 1. The van der Waals surface area contributed by atoms with Crippen LogP contribution >= 0.6 is 0 Å². The van der Waals surface area contributed by atoms with Crippen molar-refractivity contribution in [1.29, 1.82) is 0 Å². The van der Waals surface area contributed by atoms with E-state index in [9.17, 15) is 5.11 Å². The molecule has 0 amide bonds. The largest absolute Gasteiger partial charge is 0.388 e. The zero-order chi connectivity index (χ0) is 14.6. The number of hydrogen-bond acceptors (Lipinski definition) is 2. The molecule has 0 spiro atoms. The summed E-state index contributed by atoms with van der Waals surface area (Å²) in [5, 5.41) is 10.4. The standard InChI is InChI=1S/C17H29NO/c1-7-18(17(4,5)6)11-10-16(19)15-9-8-13(2)12-14(15)3/h8-9,12,16,19H,7,10-11H2,1-6H3. The Hall–Kier alpha value is -0.860. The van der Waals surface area contributed by atoms with Crippen molar-refractivity contribution in [1.82, 2.24) is 4.90 Å². The molecule has 1 unspecified atom stereocenters. The van der Waals surface area contributed by atoms with E-state index in [0.717, 1.165) is 25.1 Å². The normalized spacial score (nSPS) is 13.9. The van der Waals surface area contributed by atoms with Crippen molar-refractivity contribution in [2.24, 2.45) is 0 Å². The lowest BCUT2D eigenvalue weighted by molar-refractivity contribution is 0.0994. The number of rotatable bonds is 5. The van der Waals surface area contributed by atoms with Crippen molar-refractivity contribution < 1.29 is 5.11 Å². The van der Waals surface area contributed by atoms with E-state index >= 15 is 0 Å². The predicted octanol–water partition coefficient (Wildman–Crippen LogP) is 3.85. The molecule has 1 N–H and O–H groups in total. The van der Waals surface area contributed by atoms with Gasteiger partial charge in [0, 0.05) is 12.1 Å². The zero-order valence-electron chi connectivity index (χ0n) is 13.3. The minimum Gasteiger partial charge on any atom is -0.388 e. The average molecular weight is 263 g/mol. The molecule has 0 saturated carbocycles. The maximum atomic E-state index is 10.4. The molecule has 0 saturated heterocycles. The van der Waals surface area contributed by atoms with Gasteiger partial charge in [-0.2, -0.15) is 0 Å². The highest BCUT2D eigenvalue weighted by Gasteiger charge is 2.20. The van der Waals surface area contributed by atoms with Gasteiger partial charge in [0.15, 0.2) is 0 Å². The Balaban J connectivity index is 2.67. The summed E-state index contributed by atoms with van der Waals surface area (Å²) in [6.45, 7) is 14.9. The Morgan fingerprint density at radius 2 is 1.84 bits per heavy atom. The van der Waals surface area contributed by atoms with Gasteiger partial charge in [0.2, 0.25) is 0 Å². The van der Waals surface area contributed by atoms with Crippen molar-refractivity contribution >= 4 is 0 Å². The summed E-state index contributed by atoms with van der Waals surface area (Å²) in [7, 11) is 0. The Morgan fingerprint density at radius 3 is 2.32 bits per heavy atom. The van der Waals surface area contributed by atoms with Crippen molar-refractivity contribution in [3.8, 4) is 0 Å². The van der Waals surface area contributed by atoms with Crippen LogP contribution in [0.3, 0.4) is 0 Å². The highest BCUT2D eigenvalue weighted by Crippen LogP contribution is 2.23. The van der Waals surface area contributed by atoms with E-state index in [2.05, 4.69) is 64.6 Å². The molecule has 1 aromatic carbocycles. The number of benzene rings is 1. The van der Waals surface area contributed by atoms with Crippen molar-refractivity contribution in [2.75, 3.05) is 13.1 Å². The van der Waals surface area contributed by atoms with Gasteiger partial charge in [-0.1, -0.05) is 30.7 Å². The molecule has 0 bridgehead atoms. The van der Waals surface area contributed by atoms with E-state index in [4.69, 9.17) is 0 Å². The van der Waals surface area contributed by atoms with Gasteiger partial charge in [-0.05, 0) is 58.7 Å². The van der Waals surface area contributed by atoms with E-state index < -0.39 is 0 Å². The van der Waals surface area contributed by atoms with E-state index in [0.29, 0.717) is 0 Å². The van der Waals surface area contributed by atoms with Gasteiger partial charge in [0.1, 0.15) is 0 Å². The molecule has 0 radical (unpaired) electrons. The van der Waals surface area contributed by atoms with E-state index in [-0.39, 0.29) is 11.6 Å². The van der Waals surface area contributed by atoms with Crippen molar-refractivity contribution in [3.05, 3.63) is 34.9 Å². The summed E-state index contributed by atoms with van der Waals surface area (Å²) in [4.78, 5) is 2.40. The molecule has 2 heteroatoms. The van der Waals surface area contributed by atoms with E-state index in [1.54, 1.807) is 0 Å². The van der Waals surface area contributed by atoms with Gasteiger partial charge in [-0.15, -0.1) is 0 Å². The molecule has 0 aliphatic heterocycles. The molecule has 0 fully saturated rings. The smallest absolute Gasteiger partial charge is 0.0804 e. The third-order valence-corrected chi connectivity index (χ3v) is 3.79. The van der Waals surface area contributed by atoms with Gasteiger partial charge in [-0.3, -0.25) is 4.90 Å². The third kappa shape index (κ3) is 4.63. The molecule has 0 heterocycles. The Kier molecular flexibility index (Phi) is 5.57. The second-order valence-electron chi connectivity index (χ2n) is 6.42. The summed E-state index contributed by atoms with van der Waals surface area (Å²) in [6, 6.07) is 6.27. The van der Waals surface area contributed by atoms with Gasteiger partial charge >= 0.3 is 0 Å². The molecule has 1 aromatic rings. The highest BCUT2D eigenvalue weighted by atomic mass is 16.3. The second kappa shape index (κ2) is 6.53. The first-order valence-electron chi connectivity index (χ1n) is 7.26. The minimum absolute atomic E-state index is 0.163. The van der Waals surface area contributed by atoms with Crippen molar-refractivity contribution in [3.63, 3.8) is 0 Å². The fraction of sp³-hybridized carbons (Fsp3) is 0.647. The monoisotopic (exact) mass is 263 g/mol. The van der Waals surface area contributed by atoms with Crippen LogP contribution in [0.4, 0.5) is 0 Å². The summed E-state index contributed by atoms with van der Waals surface area (Å²) in [5.41, 5.74) is 3.66. The van der Waals surface area contributed by atoms with Crippen LogP contribution in [0.2, 0.25) is 0 Å². The van der Waals surface area contributed by atoms with Gasteiger partial charge in [0.05, 0.1) is 6.10 Å². The number of aliphatic hydroxyl groups excluding tert-OH is 1. The van der Waals surface area contributed by atoms with Crippen molar-refractivity contribution in [2.45, 2.75) is 59.6 Å². The van der Waals surface area contributed by atoms with Crippen LogP contribution in [0, 0.1) is 13.8 Å². The Bertz CT molecular complexity index is 406. The Morgan fingerprint density at radius 1 is 1.21 bits per heavy atom. The lowest BCUT2D eigenvalue weighted by atomic mass is 9.98. The first-order chi connectivity index (χ1) is 8.75. The molecule has 0 aliphatic rings. The SMILES string of the molecule is CCN(CCC(O)c1ccc(C)cc1C)C(C)(C)C. The maximum absolute atomic E-state index is 10.4. The molecular formula is C17H29NO. The number of aryl methyl sites for hydroxylation is 2. The van der Waals surface area contributed by atoms with Crippen LogP contribution in [0.25, 0.3) is 0 Å². The van der Waals surface area contributed by atoms with Gasteiger partial charge < -0.3 is 5.11 Å². The molecule has 2 nitrogen and oxygen atoms in total. The second-order valence-corrected chi connectivity index (χ2v) is 6.42. The van der Waals surface area contributed by atoms with Crippen LogP contribution < -0.4 is 0 Å². The first kappa shape index (κ1) is 16.2. The van der Waals surface area contributed by atoms with Gasteiger partial charge in [-0.25, -0.2) is 0 Å². The average Bonchev–Trinajstić information content (AvgIpc) is 2.27. The molecule has 108 valence electrons. The molecule has 0 aromatic heterocycles. The van der Waals surface area contributed by atoms with E-state index in [1.165, 1.54) is 11.1 Å². The lowest BCUT2D eigenvalue weighted by Gasteiger charge is -2.35. The summed E-state index contributed by atoms with van der Waals surface area (Å²) >= 11 is 0. The molecular weight excluding hydrogens is 234 g/mol. The fourth-order valence-corrected chi connectivity index (χ4v) is 2.60. The van der Waals surface area contributed by atoms with Crippen LogP contribution in [-0.4, -0.2) is 28.6 Å². The zero-order valence-corrected chi connectivity index (χ0v) is 13.3. The molecule has 19 heavy (non-hydrogen) atoms. The molecule has 1 rings (SSSR count). The maximum Gasteiger partial charge on any atom is 0.0804 e. The first-order valence-corrected chi connectivity index (χ1v) is 7.26. The van der Waals surface area contributed by atoms with E-state index in [1.807, 2.05) is 0 Å². The molecule has 0 aliphatic carbocycles. The quantitative estimate of drug-likeness (QED) is 0.872. The predicted molar refractivity (Wildman–Crippen MR) is 82.5 cm³/mol. The summed E-state index contributed by atoms with van der Waals surface area (Å²) < 4.78 is 0. The molecule has 1 atom stereocenters. The third-order valence-electron chi connectivity index (χ3n) is 3.79. The summed E-state index contributed by atoms with van der Waals surface area (Å²) in [6.07, 6.45) is 0.423. The minimum atomic E-state index is -0.364. The topological polar surface area (TPSA) is 23.5 Å². The van der Waals surface area contributed by atoms with Gasteiger partial charge in [0.25, 0.3) is 0 Å². The van der Waals surface area contributed by atoms with Crippen LogP contribution in [0.15, 0.2) is 18.2 Å². The van der Waals surface area contributed by atoms with Crippen LogP contribution in [0.5, 0.6) is 0 Å². The number of nitrogens with zero attached hydrogens (tertiary/aromatic N) is 1. The summed E-state index contributed by atoms with van der Waals surface area (Å²) in [5.74, 6) is 0.